The summed E-state index contributed by atoms with van der Waals surface area (Å²) in [5, 5.41) is 0. The number of aliphatic imine (C=N–C) groups is 1. The summed E-state index contributed by atoms with van der Waals surface area (Å²) in [4.78, 5) is 4.74. The molecule has 3 aromatic carbocycles. The predicted octanol–water partition coefficient (Wildman–Crippen LogP) is 7.08. The number of benzene rings is 3. The monoisotopic (exact) mass is 412 g/mol. The first-order valence-corrected chi connectivity index (χ1v) is 11.1. The fourth-order valence-electron chi connectivity index (χ4n) is 3.80. The van der Waals surface area contributed by atoms with Crippen molar-refractivity contribution in [3.8, 4) is 0 Å². The van der Waals surface area contributed by atoms with Gasteiger partial charge in [-0.15, -0.1) is 0 Å². The van der Waals surface area contributed by atoms with Crippen LogP contribution in [0.15, 0.2) is 102 Å². The fourth-order valence-corrected chi connectivity index (χ4v) is 3.80. The number of amidine groups is 1. The molecule has 2 heteroatoms. The number of rotatable bonds is 7. The molecule has 31 heavy (non-hydrogen) atoms. The predicted molar refractivity (Wildman–Crippen MR) is 136 cm³/mol. The molecule has 0 amide bonds. The van der Waals surface area contributed by atoms with Gasteiger partial charge in [-0.05, 0) is 54.5 Å². The molecule has 0 saturated carbocycles. The highest BCUT2D eigenvalue weighted by molar-refractivity contribution is 5.79. The van der Waals surface area contributed by atoms with Crippen molar-refractivity contribution in [3.05, 3.63) is 119 Å². The number of hydrogen-bond donors (Lipinski definition) is 1. The first-order chi connectivity index (χ1) is 14.9. The zero-order valence-electron chi connectivity index (χ0n) is 19.4. The highest BCUT2D eigenvalue weighted by atomic mass is 14.9. The summed E-state index contributed by atoms with van der Waals surface area (Å²) in [6.45, 7) is 12.4. The molecular weight excluding hydrogens is 376 g/mol. The minimum absolute atomic E-state index is 0.542. The third-order valence-electron chi connectivity index (χ3n) is 5.28. The maximum Gasteiger partial charge on any atom is 0.133 e. The minimum Gasteiger partial charge on any atom is -0.388 e. The van der Waals surface area contributed by atoms with E-state index in [0.717, 1.165) is 23.1 Å². The molecule has 0 atom stereocenters. The number of nitrogens with two attached hydrogens (primary N) is 1. The lowest BCUT2D eigenvalue weighted by Crippen LogP contribution is -2.29. The SMILES string of the molecule is C=C(C)C(N=C(C)N)(c1ccccc1)c1ccccc1.CCCc1cccc(CC)c1. The van der Waals surface area contributed by atoms with Crippen LogP contribution in [0, 0.1) is 0 Å². The molecule has 0 aromatic heterocycles. The van der Waals surface area contributed by atoms with E-state index >= 15 is 0 Å². The van der Waals surface area contributed by atoms with Gasteiger partial charge < -0.3 is 5.73 Å². The normalized spacial score (nSPS) is 11.4. The highest BCUT2D eigenvalue weighted by Gasteiger charge is 2.34. The van der Waals surface area contributed by atoms with Crippen molar-refractivity contribution in [1.82, 2.24) is 0 Å². The van der Waals surface area contributed by atoms with E-state index in [2.05, 4.69) is 69.0 Å². The average molecular weight is 413 g/mol. The molecule has 0 unspecified atom stereocenters. The second-order valence-electron chi connectivity index (χ2n) is 7.90. The van der Waals surface area contributed by atoms with Gasteiger partial charge in [-0.25, -0.2) is 0 Å². The number of aryl methyl sites for hydroxylation is 2. The average Bonchev–Trinajstić information content (AvgIpc) is 2.79. The van der Waals surface area contributed by atoms with Gasteiger partial charge in [0.2, 0.25) is 0 Å². The van der Waals surface area contributed by atoms with Crippen LogP contribution in [0.5, 0.6) is 0 Å². The van der Waals surface area contributed by atoms with E-state index in [9.17, 15) is 0 Å². The van der Waals surface area contributed by atoms with Gasteiger partial charge in [-0.1, -0.05) is 112 Å². The van der Waals surface area contributed by atoms with Gasteiger partial charge in [0, 0.05) is 0 Å². The lowest BCUT2D eigenvalue weighted by Gasteiger charge is -2.32. The molecule has 0 radical (unpaired) electrons. The number of hydrogen-bond acceptors (Lipinski definition) is 1. The van der Waals surface area contributed by atoms with Crippen molar-refractivity contribution in [3.63, 3.8) is 0 Å². The van der Waals surface area contributed by atoms with Crippen LogP contribution in [-0.4, -0.2) is 5.84 Å². The summed E-state index contributed by atoms with van der Waals surface area (Å²) in [5.74, 6) is 0.542. The Morgan fingerprint density at radius 1 is 0.806 bits per heavy atom. The minimum atomic E-state index is -0.624. The highest BCUT2D eigenvalue weighted by Crippen LogP contribution is 2.39. The van der Waals surface area contributed by atoms with Crippen LogP contribution in [0.4, 0.5) is 0 Å². The Morgan fingerprint density at radius 3 is 1.74 bits per heavy atom. The van der Waals surface area contributed by atoms with Crippen LogP contribution in [-0.2, 0) is 18.4 Å². The lowest BCUT2D eigenvalue weighted by atomic mass is 9.78. The van der Waals surface area contributed by atoms with E-state index in [1.165, 1.54) is 24.0 Å². The zero-order valence-corrected chi connectivity index (χ0v) is 19.4. The molecule has 3 rings (SSSR count). The Morgan fingerprint density at radius 2 is 1.32 bits per heavy atom. The van der Waals surface area contributed by atoms with Crippen molar-refractivity contribution in [2.75, 3.05) is 0 Å². The third-order valence-corrected chi connectivity index (χ3v) is 5.28. The summed E-state index contributed by atoms with van der Waals surface area (Å²) < 4.78 is 0. The molecule has 0 spiro atoms. The topological polar surface area (TPSA) is 38.4 Å². The van der Waals surface area contributed by atoms with Crippen LogP contribution in [0.3, 0.4) is 0 Å². The first kappa shape index (κ1) is 24.1. The van der Waals surface area contributed by atoms with Crippen molar-refractivity contribution in [1.29, 1.82) is 0 Å². The number of nitrogens with zero attached hydrogens (tertiary/aromatic N) is 1. The van der Waals surface area contributed by atoms with E-state index in [1.54, 1.807) is 0 Å². The summed E-state index contributed by atoms with van der Waals surface area (Å²) >= 11 is 0. The van der Waals surface area contributed by atoms with Gasteiger partial charge in [-0.2, -0.15) is 0 Å². The molecule has 0 aliphatic rings. The smallest absolute Gasteiger partial charge is 0.133 e. The van der Waals surface area contributed by atoms with Crippen LogP contribution in [0.2, 0.25) is 0 Å². The Hall–Kier alpha value is -3.13. The Labute approximate surface area is 188 Å². The van der Waals surface area contributed by atoms with Crippen molar-refractivity contribution in [2.24, 2.45) is 10.7 Å². The van der Waals surface area contributed by atoms with Gasteiger partial charge >= 0.3 is 0 Å². The van der Waals surface area contributed by atoms with Gasteiger partial charge in [0.05, 0.1) is 5.84 Å². The lowest BCUT2D eigenvalue weighted by molar-refractivity contribution is 0.640. The van der Waals surface area contributed by atoms with Crippen molar-refractivity contribution >= 4 is 5.84 Å². The Balaban J connectivity index is 0.000000262. The molecule has 2 nitrogen and oxygen atoms in total. The summed E-state index contributed by atoms with van der Waals surface area (Å²) in [6.07, 6.45) is 3.61. The maximum absolute atomic E-state index is 5.90. The molecule has 162 valence electrons. The van der Waals surface area contributed by atoms with E-state index in [1.807, 2.05) is 50.2 Å². The maximum atomic E-state index is 5.90. The summed E-state index contributed by atoms with van der Waals surface area (Å²) in [5.41, 5.74) is 11.3. The molecule has 0 aliphatic carbocycles. The largest absolute Gasteiger partial charge is 0.388 e. The molecule has 2 N–H and O–H groups in total. The van der Waals surface area contributed by atoms with E-state index < -0.39 is 5.54 Å². The second kappa shape index (κ2) is 11.9. The molecular formula is C29H36N2. The molecule has 0 bridgehead atoms. The van der Waals surface area contributed by atoms with E-state index in [4.69, 9.17) is 10.7 Å². The summed E-state index contributed by atoms with van der Waals surface area (Å²) in [6, 6.07) is 29.2. The fraction of sp³-hybridized carbons (Fsp3) is 0.276. The Kier molecular flexibility index (Phi) is 9.27. The third kappa shape index (κ3) is 6.42. The van der Waals surface area contributed by atoms with Gasteiger partial charge in [-0.3, -0.25) is 4.99 Å². The standard InChI is InChI=1S/C18H20N2.C11H16/c1-14(2)18(20-15(3)19,16-10-6-4-7-11-16)17-12-8-5-9-13-17;1-3-6-11-8-5-7-10(4-2)9-11/h4-13H,1H2,2-3H3,(H2,19,20);5,7-9H,3-4,6H2,1-2H3. The van der Waals surface area contributed by atoms with Crippen LogP contribution in [0.25, 0.3) is 0 Å². The molecule has 0 heterocycles. The zero-order chi connectivity index (χ0) is 22.7. The van der Waals surface area contributed by atoms with Crippen molar-refractivity contribution in [2.45, 2.75) is 52.5 Å². The van der Waals surface area contributed by atoms with E-state index in [-0.39, 0.29) is 0 Å². The van der Waals surface area contributed by atoms with Gasteiger partial charge in [0.15, 0.2) is 0 Å². The van der Waals surface area contributed by atoms with E-state index in [0.29, 0.717) is 5.84 Å². The van der Waals surface area contributed by atoms with Gasteiger partial charge in [0.1, 0.15) is 5.54 Å². The molecule has 0 saturated heterocycles. The van der Waals surface area contributed by atoms with Crippen molar-refractivity contribution < 1.29 is 0 Å². The van der Waals surface area contributed by atoms with Crippen LogP contribution < -0.4 is 5.73 Å². The molecule has 0 fully saturated rings. The molecule has 0 aliphatic heterocycles. The first-order valence-electron chi connectivity index (χ1n) is 11.1. The van der Waals surface area contributed by atoms with Gasteiger partial charge in [0.25, 0.3) is 0 Å². The van der Waals surface area contributed by atoms with Crippen LogP contribution in [0.1, 0.15) is 56.4 Å². The molecule has 3 aromatic rings. The summed E-state index contributed by atoms with van der Waals surface area (Å²) in [7, 11) is 0. The Bertz CT molecular complexity index is 928. The quantitative estimate of drug-likeness (QED) is 0.251. The van der Waals surface area contributed by atoms with Crippen LogP contribution >= 0.6 is 0 Å². The second-order valence-corrected chi connectivity index (χ2v) is 7.90.